The molecule has 0 saturated carbocycles. The van der Waals surface area contributed by atoms with Crippen molar-refractivity contribution in [3.8, 4) is 5.75 Å². The largest absolute Gasteiger partial charge is 0.490 e. The number of nitrogens with two attached hydrogens (primary N) is 1. The Morgan fingerprint density at radius 1 is 1.42 bits per heavy atom. The Bertz CT molecular complexity index is 427. The molecule has 0 aliphatic carbocycles. The molecule has 1 amide bonds. The molecule has 0 heterocycles. The standard InChI is InChI=1S/C13H19BrN2O2.ClH/c1-8(2)18-12-6-10(14)4-5-11(12)13(17)16-9(3)7-15;/h4-6,8-9H,7,15H2,1-3H3,(H,16,17);1H/t9-;/m0./s1. The second-order valence-corrected chi connectivity index (χ2v) is 5.33. The Morgan fingerprint density at radius 3 is 2.58 bits per heavy atom. The van der Waals surface area contributed by atoms with Crippen molar-refractivity contribution in [1.29, 1.82) is 0 Å². The number of benzene rings is 1. The third-order valence-corrected chi connectivity index (χ3v) is 2.78. The summed E-state index contributed by atoms with van der Waals surface area (Å²) in [6.45, 7) is 6.11. The van der Waals surface area contributed by atoms with Gasteiger partial charge in [-0.15, -0.1) is 12.4 Å². The molecule has 19 heavy (non-hydrogen) atoms. The highest BCUT2D eigenvalue weighted by Crippen LogP contribution is 2.24. The Kier molecular flexibility index (Phi) is 8.06. The summed E-state index contributed by atoms with van der Waals surface area (Å²) in [4.78, 5) is 12.1. The smallest absolute Gasteiger partial charge is 0.255 e. The average molecular weight is 352 g/mol. The van der Waals surface area contributed by atoms with Crippen LogP contribution >= 0.6 is 28.3 Å². The van der Waals surface area contributed by atoms with Crippen LogP contribution in [0.3, 0.4) is 0 Å². The molecule has 3 N–H and O–H groups in total. The summed E-state index contributed by atoms with van der Waals surface area (Å²) in [7, 11) is 0. The molecular weight excluding hydrogens is 332 g/mol. The summed E-state index contributed by atoms with van der Waals surface area (Å²) in [6, 6.07) is 5.28. The van der Waals surface area contributed by atoms with Gasteiger partial charge in [0.15, 0.2) is 0 Å². The van der Waals surface area contributed by atoms with E-state index in [1.165, 1.54) is 0 Å². The van der Waals surface area contributed by atoms with Crippen LogP contribution in [-0.2, 0) is 0 Å². The van der Waals surface area contributed by atoms with Crippen molar-refractivity contribution < 1.29 is 9.53 Å². The summed E-state index contributed by atoms with van der Waals surface area (Å²) < 4.78 is 6.52. The molecule has 0 unspecified atom stereocenters. The second-order valence-electron chi connectivity index (χ2n) is 4.42. The number of carbonyl (C=O) groups excluding carboxylic acids is 1. The molecule has 0 saturated heterocycles. The van der Waals surface area contributed by atoms with Crippen LogP contribution in [0.15, 0.2) is 22.7 Å². The summed E-state index contributed by atoms with van der Waals surface area (Å²) in [5.74, 6) is 0.400. The van der Waals surface area contributed by atoms with Crippen molar-refractivity contribution in [2.24, 2.45) is 5.73 Å². The van der Waals surface area contributed by atoms with Crippen LogP contribution < -0.4 is 15.8 Å². The van der Waals surface area contributed by atoms with E-state index in [4.69, 9.17) is 10.5 Å². The molecule has 1 rings (SSSR count). The number of halogens is 2. The molecule has 0 aliphatic heterocycles. The molecule has 1 aromatic rings. The first kappa shape index (κ1) is 18.2. The van der Waals surface area contributed by atoms with Crippen molar-refractivity contribution in [3.63, 3.8) is 0 Å². The topological polar surface area (TPSA) is 64.3 Å². The molecule has 108 valence electrons. The Morgan fingerprint density at radius 2 is 2.05 bits per heavy atom. The maximum Gasteiger partial charge on any atom is 0.255 e. The molecule has 1 atom stereocenters. The number of nitrogens with one attached hydrogen (secondary N) is 1. The molecule has 4 nitrogen and oxygen atoms in total. The number of hydrogen-bond acceptors (Lipinski definition) is 3. The zero-order valence-electron chi connectivity index (χ0n) is 11.3. The minimum atomic E-state index is -0.170. The minimum absolute atomic E-state index is 0. The molecule has 0 spiro atoms. The molecule has 0 fully saturated rings. The predicted octanol–water partition coefficient (Wildman–Crippen LogP) is 2.74. The van der Waals surface area contributed by atoms with E-state index in [0.717, 1.165) is 4.47 Å². The summed E-state index contributed by atoms with van der Waals surface area (Å²) >= 11 is 3.37. The summed E-state index contributed by atoms with van der Waals surface area (Å²) in [6.07, 6.45) is 0.0118. The average Bonchev–Trinajstić information content (AvgIpc) is 2.27. The Balaban J connectivity index is 0.00000324. The fourth-order valence-corrected chi connectivity index (χ4v) is 1.74. The van der Waals surface area contributed by atoms with Crippen LogP contribution in [0.2, 0.25) is 0 Å². The van der Waals surface area contributed by atoms with Crippen LogP contribution in [0.5, 0.6) is 5.75 Å². The molecule has 0 aliphatic rings. The van der Waals surface area contributed by atoms with Crippen molar-refractivity contribution in [1.82, 2.24) is 5.32 Å². The van der Waals surface area contributed by atoms with Gasteiger partial charge < -0.3 is 15.8 Å². The first-order chi connectivity index (χ1) is 8.43. The molecular formula is C13H20BrClN2O2. The highest BCUT2D eigenvalue weighted by Gasteiger charge is 2.15. The van der Waals surface area contributed by atoms with E-state index in [2.05, 4.69) is 21.2 Å². The first-order valence-electron chi connectivity index (χ1n) is 5.91. The molecule has 1 aromatic carbocycles. The van der Waals surface area contributed by atoms with E-state index in [9.17, 15) is 4.79 Å². The van der Waals surface area contributed by atoms with Crippen molar-refractivity contribution in [2.75, 3.05) is 6.54 Å². The first-order valence-corrected chi connectivity index (χ1v) is 6.70. The lowest BCUT2D eigenvalue weighted by Gasteiger charge is -2.16. The number of hydrogen-bond donors (Lipinski definition) is 2. The maximum absolute atomic E-state index is 12.1. The van der Waals surface area contributed by atoms with E-state index in [1.807, 2.05) is 26.8 Å². The van der Waals surface area contributed by atoms with E-state index in [0.29, 0.717) is 17.9 Å². The van der Waals surface area contributed by atoms with Gasteiger partial charge in [-0.25, -0.2) is 0 Å². The molecule has 6 heteroatoms. The molecule has 0 bridgehead atoms. The van der Waals surface area contributed by atoms with Gasteiger partial charge in [0, 0.05) is 17.1 Å². The highest BCUT2D eigenvalue weighted by atomic mass is 79.9. The van der Waals surface area contributed by atoms with Gasteiger partial charge in [0.2, 0.25) is 0 Å². The Labute approximate surface area is 128 Å². The number of rotatable bonds is 5. The van der Waals surface area contributed by atoms with Crippen molar-refractivity contribution >= 4 is 34.2 Å². The zero-order chi connectivity index (χ0) is 13.7. The number of ether oxygens (including phenoxy) is 1. The van der Waals surface area contributed by atoms with Gasteiger partial charge in [-0.1, -0.05) is 15.9 Å². The van der Waals surface area contributed by atoms with Crippen LogP contribution in [0.1, 0.15) is 31.1 Å². The monoisotopic (exact) mass is 350 g/mol. The number of amides is 1. The predicted molar refractivity (Wildman–Crippen MR) is 83.1 cm³/mol. The lowest BCUT2D eigenvalue weighted by atomic mass is 10.1. The van der Waals surface area contributed by atoms with Gasteiger partial charge in [0.1, 0.15) is 5.75 Å². The molecule has 0 radical (unpaired) electrons. The van der Waals surface area contributed by atoms with Gasteiger partial charge in [-0.3, -0.25) is 4.79 Å². The SMILES string of the molecule is CC(C)Oc1cc(Br)ccc1C(=O)N[C@@H](C)CN.Cl. The quantitative estimate of drug-likeness (QED) is 0.857. The van der Waals surface area contributed by atoms with E-state index >= 15 is 0 Å². The third-order valence-electron chi connectivity index (χ3n) is 2.28. The number of carbonyl (C=O) groups is 1. The van der Waals surface area contributed by atoms with Gasteiger partial charge in [-0.05, 0) is 39.0 Å². The lowest BCUT2D eigenvalue weighted by molar-refractivity contribution is 0.0935. The minimum Gasteiger partial charge on any atom is -0.490 e. The third kappa shape index (κ3) is 5.80. The normalized spacial score (nSPS) is 11.7. The van der Waals surface area contributed by atoms with Crippen LogP contribution in [0.4, 0.5) is 0 Å². The lowest BCUT2D eigenvalue weighted by Crippen LogP contribution is -2.38. The van der Waals surface area contributed by atoms with E-state index in [-0.39, 0.29) is 30.5 Å². The highest BCUT2D eigenvalue weighted by molar-refractivity contribution is 9.10. The van der Waals surface area contributed by atoms with Gasteiger partial charge in [0.05, 0.1) is 11.7 Å². The van der Waals surface area contributed by atoms with Crippen LogP contribution in [-0.4, -0.2) is 24.6 Å². The molecule has 0 aromatic heterocycles. The van der Waals surface area contributed by atoms with Crippen LogP contribution in [0, 0.1) is 0 Å². The second kappa shape index (κ2) is 8.40. The van der Waals surface area contributed by atoms with Crippen molar-refractivity contribution in [2.45, 2.75) is 32.9 Å². The van der Waals surface area contributed by atoms with Gasteiger partial charge >= 0.3 is 0 Å². The van der Waals surface area contributed by atoms with E-state index < -0.39 is 0 Å². The van der Waals surface area contributed by atoms with Crippen molar-refractivity contribution in [3.05, 3.63) is 28.2 Å². The Hall–Kier alpha value is -0.780. The fraction of sp³-hybridized carbons (Fsp3) is 0.462. The summed E-state index contributed by atoms with van der Waals surface area (Å²) in [5, 5.41) is 2.82. The summed E-state index contributed by atoms with van der Waals surface area (Å²) in [5.41, 5.74) is 6.01. The van der Waals surface area contributed by atoms with Crippen LogP contribution in [0.25, 0.3) is 0 Å². The zero-order valence-corrected chi connectivity index (χ0v) is 13.7. The van der Waals surface area contributed by atoms with Gasteiger partial charge in [0.25, 0.3) is 5.91 Å². The van der Waals surface area contributed by atoms with Gasteiger partial charge in [-0.2, -0.15) is 0 Å². The maximum atomic E-state index is 12.1. The fourth-order valence-electron chi connectivity index (χ4n) is 1.40. The van der Waals surface area contributed by atoms with E-state index in [1.54, 1.807) is 12.1 Å².